The lowest BCUT2D eigenvalue weighted by atomic mass is 10.2. The summed E-state index contributed by atoms with van der Waals surface area (Å²) in [7, 11) is 1.70. The van der Waals surface area contributed by atoms with Gasteiger partial charge in [-0.25, -0.2) is 9.78 Å². The van der Waals surface area contributed by atoms with Crippen LogP contribution in [0.2, 0.25) is 0 Å². The maximum atomic E-state index is 12.4. The number of imidazole rings is 1. The largest absolute Gasteiger partial charge is 0.325 e. The zero-order valence-electron chi connectivity index (χ0n) is 10.8. The first-order valence-electron chi connectivity index (χ1n) is 6.06. The molecule has 2 aromatic heterocycles. The minimum absolute atomic E-state index is 0.187. The fourth-order valence-electron chi connectivity index (χ4n) is 2.00. The lowest BCUT2D eigenvalue weighted by molar-refractivity contribution is 0.0993. The highest BCUT2D eigenvalue weighted by Gasteiger charge is 2.14. The molecule has 0 atom stereocenters. The molecule has 0 bridgehead atoms. The van der Waals surface area contributed by atoms with Crippen LogP contribution in [0.3, 0.4) is 0 Å². The minimum Gasteiger partial charge on any atom is -0.311 e. The second kappa shape index (κ2) is 4.65. The van der Waals surface area contributed by atoms with Crippen molar-refractivity contribution in [1.82, 2.24) is 15.0 Å². The first-order valence-corrected chi connectivity index (χ1v) is 6.06. The van der Waals surface area contributed by atoms with E-state index in [0.29, 0.717) is 16.7 Å². The second-order valence-corrected chi connectivity index (χ2v) is 4.40. The summed E-state index contributed by atoms with van der Waals surface area (Å²) in [5.74, 6) is -0.187. The van der Waals surface area contributed by atoms with E-state index >= 15 is 0 Å². The highest BCUT2D eigenvalue weighted by atomic mass is 16.2. The number of benzene rings is 1. The lowest BCUT2D eigenvalue weighted by Gasteiger charge is -2.16. The Morgan fingerprint density at radius 2 is 1.95 bits per heavy atom. The summed E-state index contributed by atoms with van der Waals surface area (Å²) in [4.78, 5) is 34.3. The van der Waals surface area contributed by atoms with E-state index in [1.54, 1.807) is 13.1 Å². The molecule has 0 fully saturated rings. The monoisotopic (exact) mass is 268 g/mol. The molecule has 1 amide bonds. The summed E-state index contributed by atoms with van der Waals surface area (Å²) < 4.78 is 0. The van der Waals surface area contributed by atoms with Crippen LogP contribution in [0, 0.1) is 0 Å². The number of fused-ring (bicyclic) bond motifs is 1. The fourth-order valence-corrected chi connectivity index (χ4v) is 2.00. The zero-order chi connectivity index (χ0) is 14.1. The quantitative estimate of drug-likeness (QED) is 0.739. The number of anilines is 1. The number of aromatic amines is 2. The molecule has 100 valence electrons. The van der Waals surface area contributed by atoms with Crippen LogP contribution in [0.15, 0.2) is 47.4 Å². The second-order valence-electron chi connectivity index (χ2n) is 4.40. The average molecular weight is 268 g/mol. The highest BCUT2D eigenvalue weighted by molar-refractivity contribution is 6.06. The molecule has 1 aromatic carbocycles. The SMILES string of the molecule is CN(C(=O)c1cnc2[nH]c(=O)[nH]c2c1)c1ccccc1. The number of amides is 1. The van der Waals surface area contributed by atoms with E-state index < -0.39 is 0 Å². The van der Waals surface area contributed by atoms with E-state index in [-0.39, 0.29) is 11.6 Å². The van der Waals surface area contributed by atoms with Gasteiger partial charge in [0.05, 0.1) is 11.1 Å². The van der Waals surface area contributed by atoms with Crippen LogP contribution in [0.5, 0.6) is 0 Å². The minimum atomic E-state index is -0.339. The van der Waals surface area contributed by atoms with Crippen LogP contribution in [-0.2, 0) is 0 Å². The van der Waals surface area contributed by atoms with Gasteiger partial charge in [-0.05, 0) is 18.2 Å². The van der Waals surface area contributed by atoms with E-state index in [1.165, 1.54) is 11.1 Å². The summed E-state index contributed by atoms with van der Waals surface area (Å²) >= 11 is 0. The Bertz CT molecular complexity index is 820. The van der Waals surface area contributed by atoms with Crippen molar-refractivity contribution in [1.29, 1.82) is 0 Å². The van der Waals surface area contributed by atoms with Gasteiger partial charge in [0.15, 0.2) is 5.65 Å². The van der Waals surface area contributed by atoms with Gasteiger partial charge in [0, 0.05) is 18.9 Å². The number of carbonyl (C=O) groups is 1. The van der Waals surface area contributed by atoms with Crippen molar-refractivity contribution in [3.63, 3.8) is 0 Å². The van der Waals surface area contributed by atoms with Crippen LogP contribution < -0.4 is 10.6 Å². The van der Waals surface area contributed by atoms with Crippen LogP contribution in [-0.4, -0.2) is 27.9 Å². The normalized spacial score (nSPS) is 10.7. The number of carbonyl (C=O) groups excluding carboxylic acids is 1. The van der Waals surface area contributed by atoms with Crippen molar-refractivity contribution in [2.45, 2.75) is 0 Å². The molecule has 3 aromatic rings. The number of rotatable bonds is 2. The van der Waals surface area contributed by atoms with Gasteiger partial charge in [0.1, 0.15) is 0 Å². The molecule has 0 aliphatic carbocycles. The van der Waals surface area contributed by atoms with Gasteiger partial charge in [-0.1, -0.05) is 18.2 Å². The molecule has 6 heteroatoms. The van der Waals surface area contributed by atoms with Gasteiger partial charge >= 0.3 is 5.69 Å². The molecule has 0 unspecified atom stereocenters. The van der Waals surface area contributed by atoms with E-state index in [2.05, 4.69) is 15.0 Å². The van der Waals surface area contributed by atoms with Crippen LogP contribution >= 0.6 is 0 Å². The molecule has 3 rings (SSSR count). The van der Waals surface area contributed by atoms with Crippen molar-refractivity contribution in [2.75, 3.05) is 11.9 Å². The van der Waals surface area contributed by atoms with Crippen LogP contribution in [0.1, 0.15) is 10.4 Å². The number of nitrogens with one attached hydrogen (secondary N) is 2. The Hall–Kier alpha value is -2.89. The van der Waals surface area contributed by atoms with Gasteiger partial charge in [0.25, 0.3) is 5.91 Å². The number of hydrogen-bond donors (Lipinski definition) is 2. The molecule has 0 aliphatic rings. The zero-order valence-corrected chi connectivity index (χ0v) is 10.8. The molecule has 0 radical (unpaired) electrons. The smallest absolute Gasteiger partial charge is 0.311 e. The van der Waals surface area contributed by atoms with Gasteiger partial charge in [-0.2, -0.15) is 0 Å². The van der Waals surface area contributed by atoms with Gasteiger partial charge < -0.3 is 9.88 Å². The van der Waals surface area contributed by atoms with E-state index in [4.69, 9.17) is 0 Å². The Kier molecular flexibility index (Phi) is 2.83. The average Bonchev–Trinajstić information content (AvgIpc) is 2.85. The molecule has 0 aliphatic heterocycles. The standard InChI is InChI=1S/C14H12N4O2/c1-18(10-5-3-2-4-6-10)13(19)9-7-11-12(15-8-9)17-14(20)16-11/h2-8H,1H3,(H2,15,16,17,20). The number of pyridine rings is 1. The van der Waals surface area contributed by atoms with E-state index in [0.717, 1.165) is 5.69 Å². The predicted octanol–water partition coefficient (Wildman–Crippen LogP) is 1.53. The van der Waals surface area contributed by atoms with Gasteiger partial charge in [0.2, 0.25) is 0 Å². The third-order valence-electron chi connectivity index (χ3n) is 3.06. The molecule has 20 heavy (non-hydrogen) atoms. The fraction of sp³-hybridized carbons (Fsp3) is 0.0714. The summed E-state index contributed by atoms with van der Waals surface area (Å²) in [5, 5.41) is 0. The topological polar surface area (TPSA) is 81.8 Å². The number of H-pyrrole nitrogens is 2. The van der Waals surface area contributed by atoms with Crippen LogP contribution in [0.25, 0.3) is 11.2 Å². The first-order chi connectivity index (χ1) is 9.65. The summed E-state index contributed by atoms with van der Waals surface area (Å²) in [6.07, 6.45) is 1.45. The summed E-state index contributed by atoms with van der Waals surface area (Å²) in [5.41, 5.74) is 1.82. The van der Waals surface area contributed by atoms with Crippen molar-refractivity contribution >= 4 is 22.8 Å². The third kappa shape index (κ3) is 2.07. The molecule has 2 heterocycles. The van der Waals surface area contributed by atoms with Gasteiger partial charge in [-0.15, -0.1) is 0 Å². The Balaban J connectivity index is 1.97. The van der Waals surface area contributed by atoms with Crippen molar-refractivity contribution in [3.8, 4) is 0 Å². The third-order valence-corrected chi connectivity index (χ3v) is 3.06. The maximum absolute atomic E-state index is 12.4. The Morgan fingerprint density at radius 1 is 1.20 bits per heavy atom. The molecule has 6 nitrogen and oxygen atoms in total. The molecule has 2 N–H and O–H groups in total. The number of nitrogens with zero attached hydrogens (tertiary/aromatic N) is 2. The highest BCUT2D eigenvalue weighted by Crippen LogP contribution is 2.15. The molecule has 0 saturated heterocycles. The number of hydrogen-bond acceptors (Lipinski definition) is 3. The van der Waals surface area contributed by atoms with Crippen LogP contribution in [0.4, 0.5) is 5.69 Å². The first kappa shape index (κ1) is 12.2. The molecular formula is C14H12N4O2. The van der Waals surface area contributed by atoms with Crippen molar-refractivity contribution < 1.29 is 4.79 Å². The molecule has 0 saturated carbocycles. The summed E-state index contributed by atoms with van der Waals surface area (Å²) in [6.45, 7) is 0. The number of aromatic nitrogens is 3. The molecular weight excluding hydrogens is 256 g/mol. The maximum Gasteiger partial charge on any atom is 0.325 e. The summed E-state index contributed by atoms with van der Waals surface area (Å²) in [6, 6.07) is 10.9. The predicted molar refractivity (Wildman–Crippen MR) is 75.9 cm³/mol. The number of para-hydroxylation sites is 1. The van der Waals surface area contributed by atoms with Gasteiger partial charge in [-0.3, -0.25) is 9.78 Å². The Labute approximate surface area is 114 Å². The van der Waals surface area contributed by atoms with Crippen molar-refractivity contribution in [2.24, 2.45) is 0 Å². The Morgan fingerprint density at radius 3 is 2.70 bits per heavy atom. The van der Waals surface area contributed by atoms with E-state index in [1.807, 2.05) is 30.3 Å². The lowest BCUT2D eigenvalue weighted by Crippen LogP contribution is -2.26. The molecule has 0 spiro atoms. The van der Waals surface area contributed by atoms with Crippen molar-refractivity contribution in [3.05, 3.63) is 58.6 Å². The van der Waals surface area contributed by atoms with E-state index in [9.17, 15) is 9.59 Å².